The number of benzene rings is 1. The highest BCUT2D eigenvalue weighted by Crippen LogP contribution is 2.08. The molecular weight excluding hydrogens is 408 g/mol. The number of carbonyl (C=O) groups is 2. The minimum absolute atomic E-state index is 0.190. The van der Waals surface area contributed by atoms with Crippen molar-refractivity contribution in [1.82, 2.24) is 39.7 Å². The number of imidazole rings is 3. The Hall–Kier alpha value is -3.95. The van der Waals surface area contributed by atoms with E-state index in [0.717, 1.165) is 28.5 Å². The van der Waals surface area contributed by atoms with Crippen molar-refractivity contribution in [2.75, 3.05) is 13.1 Å². The molecule has 3 amide bonds. The molecule has 10 heteroatoms. The lowest BCUT2D eigenvalue weighted by Gasteiger charge is -2.06. The number of nitrogens with one attached hydrogen (secondary N) is 3. The maximum Gasteiger partial charge on any atom is 0.324 e. The van der Waals surface area contributed by atoms with Crippen molar-refractivity contribution in [3.63, 3.8) is 0 Å². The molecule has 1 aromatic carbocycles. The molecule has 1 fully saturated rings. The fraction of sp³-hybridized carbons (Fsp3) is 0.318. The van der Waals surface area contributed by atoms with Gasteiger partial charge in [0.15, 0.2) is 0 Å². The number of aromatic nitrogens is 6. The standard InChI is InChI=1S/C8H8N2.C5H8N2O2.C5H8N2.C4H6N2/c1-6-9-7-4-2-3-5-8(7)10-6;1-4(8)7-3-2-6-5(7)9;1-5-6-3-4-7(5)2;1-4-5-2-3-6-4/h2-5H,1H3,(H,9,10);2-3H2,1H3,(H,6,9);3-4H,1-2H3;2-3H,1H3,(H,5,6). The van der Waals surface area contributed by atoms with E-state index in [2.05, 4.69) is 30.2 Å². The van der Waals surface area contributed by atoms with Gasteiger partial charge in [0.25, 0.3) is 0 Å². The normalized spacial score (nSPS) is 12.0. The molecule has 3 aromatic heterocycles. The SMILES string of the molecule is CC(=O)N1CCNC1=O.Cc1nc2ccccc2[nH]1.Cc1ncc[nH]1.Cc1nccn1C. The van der Waals surface area contributed by atoms with Crippen LogP contribution in [0, 0.1) is 20.8 Å². The number of nitrogens with zero attached hydrogens (tertiary/aromatic N) is 5. The van der Waals surface area contributed by atoms with Crippen molar-refractivity contribution in [2.24, 2.45) is 7.05 Å². The van der Waals surface area contributed by atoms with E-state index in [1.807, 2.05) is 62.8 Å². The van der Waals surface area contributed by atoms with Gasteiger partial charge in [0, 0.05) is 51.8 Å². The number of aromatic amines is 2. The molecule has 0 aliphatic carbocycles. The van der Waals surface area contributed by atoms with Gasteiger partial charge in [-0.15, -0.1) is 0 Å². The quantitative estimate of drug-likeness (QED) is 0.389. The lowest BCUT2D eigenvalue weighted by molar-refractivity contribution is -0.125. The Morgan fingerprint density at radius 2 is 1.81 bits per heavy atom. The molecule has 0 spiro atoms. The van der Waals surface area contributed by atoms with E-state index < -0.39 is 0 Å². The topological polar surface area (TPSA) is 125 Å². The van der Waals surface area contributed by atoms with Crippen molar-refractivity contribution >= 4 is 23.0 Å². The van der Waals surface area contributed by atoms with Gasteiger partial charge in [0.05, 0.1) is 11.0 Å². The van der Waals surface area contributed by atoms with Gasteiger partial charge in [-0.3, -0.25) is 9.69 Å². The van der Waals surface area contributed by atoms with Crippen molar-refractivity contribution in [2.45, 2.75) is 27.7 Å². The lowest BCUT2D eigenvalue weighted by atomic mass is 10.3. The van der Waals surface area contributed by atoms with E-state index >= 15 is 0 Å². The first-order valence-corrected chi connectivity index (χ1v) is 10.1. The van der Waals surface area contributed by atoms with E-state index in [9.17, 15) is 9.59 Å². The van der Waals surface area contributed by atoms with E-state index in [-0.39, 0.29) is 11.9 Å². The average molecular weight is 439 g/mol. The average Bonchev–Trinajstić information content (AvgIpc) is 3.54. The predicted octanol–water partition coefficient (Wildman–Crippen LogP) is 2.88. The summed E-state index contributed by atoms with van der Waals surface area (Å²) in [5, 5.41) is 2.52. The first-order chi connectivity index (χ1) is 15.3. The highest BCUT2D eigenvalue weighted by molar-refractivity contribution is 5.94. The molecule has 32 heavy (non-hydrogen) atoms. The molecular formula is C22H30N8O2. The smallest absolute Gasteiger partial charge is 0.324 e. The fourth-order valence-corrected chi connectivity index (χ4v) is 2.64. The second-order valence-corrected chi connectivity index (χ2v) is 7.00. The van der Waals surface area contributed by atoms with Gasteiger partial charge in [-0.2, -0.15) is 0 Å². The summed E-state index contributed by atoms with van der Waals surface area (Å²) >= 11 is 0. The minimum atomic E-state index is -0.275. The van der Waals surface area contributed by atoms with Crippen LogP contribution in [-0.4, -0.2) is 59.4 Å². The molecule has 3 N–H and O–H groups in total. The summed E-state index contributed by atoms with van der Waals surface area (Å²) in [5.74, 6) is 2.81. The first kappa shape index (κ1) is 24.3. The maximum absolute atomic E-state index is 10.6. The van der Waals surface area contributed by atoms with Gasteiger partial charge in [-0.1, -0.05) is 12.1 Å². The second kappa shape index (κ2) is 12.0. The molecule has 0 atom stereocenters. The van der Waals surface area contributed by atoms with E-state index in [1.54, 1.807) is 18.6 Å². The molecule has 0 bridgehead atoms. The van der Waals surface area contributed by atoms with Crippen molar-refractivity contribution in [1.29, 1.82) is 0 Å². The molecule has 170 valence electrons. The number of para-hydroxylation sites is 2. The van der Waals surface area contributed by atoms with Gasteiger partial charge < -0.3 is 19.9 Å². The van der Waals surface area contributed by atoms with Crippen LogP contribution in [-0.2, 0) is 11.8 Å². The lowest BCUT2D eigenvalue weighted by Crippen LogP contribution is -2.31. The Bertz CT molecular complexity index is 1060. The number of carbonyl (C=O) groups excluding carboxylic acids is 2. The number of rotatable bonds is 0. The number of H-pyrrole nitrogens is 2. The van der Waals surface area contributed by atoms with Crippen LogP contribution in [0.15, 0.2) is 49.1 Å². The van der Waals surface area contributed by atoms with E-state index in [1.165, 1.54) is 11.8 Å². The van der Waals surface area contributed by atoms with Gasteiger partial charge >= 0.3 is 6.03 Å². The molecule has 4 aromatic rings. The fourth-order valence-electron chi connectivity index (χ4n) is 2.64. The van der Waals surface area contributed by atoms with Crippen LogP contribution >= 0.6 is 0 Å². The summed E-state index contributed by atoms with van der Waals surface area (Å²) in [7, 11) is 1.97. The van der Waals surface area contributed by atoms with Crippen LogP contribution in [0.4, 0.5) is 4.79 Å². The number of hydrogen-bond acceptors (Lipinski definition) is 5. The maximum atomic E-state index is 10.6. The number of imide groups is 1. The summed E-state index contributed by atoms with van der Waals surface area (Å²) in [5.41, 5.74) is 2.15. The Morgan fingerprint density at radius 3 is 2.19 bits per heavy atom. The molecule has 5 rings (SSSR count). The third kappa shape index (κ3) is 7.71. The summed E-state index contributed by atoms with van der Waals surface area (Å²) in [6, 6.07) is 7.74. The van der Waals surface area contributed by atoms with Crippen LogP contribution in [0.1, 0.15) is 24.4 Å². The summed E-state index contributed by atoms with van der Waals surface area (Å²) in [6.07, 6.45) is 7.25. The van der Waals surface area contributed by atoms with Crippen LogP contribution in [0.5, 0.6) is 0 Å². The molecule has 0 unspecified atom stereocenters. The van der Waals surface area contributed by atoms with Crippen LogP contribution in [0.3, 0.4) is 0 Å². The molecule has 10 nitrogen and oxygen atoms in total. The summed E-state index contributed by atoms with van der Waals surface area (Å²) < 4.78 is 1.97. The number of urea groups is 1. The predicted molar refractivity (Wildman–Crippen MR) is 123 cm³/mol. The molecule has 4 heterocycles. The van der Waals surface area contributed by atoms with Crippen LogP contribution < -0.4 is 5.32 Å². The van der Waals surface area contributed by atoms with Crippen molar-refractivity contribution in [3.8, 4) is 0 Å². The second-order valence-electron chi connectivity index (χ2n) is 7.00. The van der Waals surface area contributed by atoms with Crippen molar-refractivity contribution < 1.29 is 9.59 Å². The van der Waals surface area contributed by atoms with Crippen LogP contribution in [0.2, 0.25) is 0 Å². The number of aryl methyl sites for hydroxylation is 4. The Morgan fingerprint density at radius 1 is 1.06 bits per heavy atom. The Balaban J connectivity index is 0.000000154. The highest BCUT2D eigenvalue weighted by atomic mass is 16.2. The Kier molecular flexibility index (Phi) is 9.15. The van der Waals surface area contributed by atoms with Crippen molar-refractivity contribution in [3.05, 3.63) is 66.5 Å². The number of amides is 3. The molecule has 1 aliphatic heterocycles. The third-order valence-corrected chi connectivity index (χ3v) is 4.44. The highest BCUT2D eigenvalue weighted by Gasteiger charge is 2.22. The van der Waals surface area contributed by atoms with Gasteiger partial charge in [-0.05, 0) is 32.9 Å². The van der Waals surface area contributed by atoms with Gasteiger partial charge in [0.1, 0.15) is 17.5 Å². The number of hydrogen-bond donors (Lipinski definition) is 3. The van der Waals surface area contributed by atoms with E-state index in [0.29, 0.717) is 13.1 Å². The van der Waals surface area contributed by atoms with Gasteiger partial charge in [0.2, 0.25) is 5.91 Å². The largest absolute Gasteiger partial charge is 0.349 e. The molecule has 1 aliphatic rings. The monoisotopic (exact) mass is 438 g/mol. The summed E-state index contributed by atoms with van der Waals surface area (Å²) in [4.78, 5) is 40.4. The minimum Gasteiger partial charge on any atom is -0.349 e. The zero-order valence-electron chi connectivity index (χ0n) is 19.1. The van der Waals surface area contributed by atoms with Crippen LogP contribution in [0.25, 0.3) is 11.0 Å². The third-order valence-electron chi connectivity index (χ3n) is 4.44. The number of fused-ring (bicyclic) bond motifs is 1. The van der Waals surface area contributed by atoms with Gasteiger partial charge in [-0.25, -0.2) is 19.7 Å². The molecule has 1 saturated heterocycles. The molecule has 0 saturated carbocycles. The Labute approximate surface area is 187 Å². The summed E-state index contributed by atoms with van der Waals surface area (Å²) in [6.45, 7) is 8.32. The zero-order valence-corrected chi connectivity index (χ0v) is 19.1. The zero-order chi connectivity index (χ0) is 23.5. The van der Waals surface area contributed by atoms with E-state index in [4.69, 9.17) is 0 Å². The molecule has 0 radical (unpaired) electrons. The first-order valence-electron chi connectivity index (χ1n) is 10.1.